The Balaban J connectivity index is 1.80. The van der Waals surface area contributed by atoms with Crippen LogP contribution in [0.5, 0.6) is 0 Å². The monoisotopic (exact) mass is 198 g/mol. The number of likely N-dealkylation sites (tertiary alicyclic amines) is 1. The molecule has 80 valence electrons. The van der Waals surface area contributed by atoms with Crippen LogP contribution in [0.15, 0.2) is 0 Å². The summed E-state index contributed by atoms with van der Waals surface area (Å²) in [6.07, 6.45) is 2.99. The van der Waals surface area contributed by atoms with Gasteiger partial charge >= 0.3 is 0 Å². The largest absolute Gasteiger partial charge is 0.380 e. The lowest BCUT2D eigenvalue weighted by Gasteiger charge is -2.34. The van der Waals surface area contributed by atoms with Crippen LogP contribution in [0.25, 0.3) is 0 Å². The van der Waals surface area contributed by atoms with Gasteiger partial charge in [-0.2, -0.15) is 0 Å². The molecule has 4 heteroatoms. The highest BCUT2D eigenvalue weighted by atomic mass is 16.5. The molecule has 1 amide bonds. The van der Waals surface area contributed by atoms with Crippen molar-refractivity contribution in [2.45, 2.75) is 25.3 Å². The molecule has 2 rings (SSSR count). The molecule has 4 nitrogen and oxygen atoms in total. The van der Waals surface area contributed by atoms with Gasteiger partial charge in [0.05, 0.1) is 6.61 Å². The molecule has 0 radical (unpaired) electrons. The number of hydrogen-bond acceptors (Lipinski definition) is 3. The van der Waals surface area contributed by atoms with Crippen molar-refractivity contribution in [2.24, 2.45) is 11.7 Å². The Kier molecular flexibility index (Phi) is 3.03. The first-order valence-electron chi connectivity index (χ1n) is 5.38. The van der Waals surface area contributed by atoms with Crippen LogP contribution in [0.1, 0.15) is 19.3 Å². The summed E-state index contributed by atoms with van der Waals surface area (Å²) in [5, 5.41) is 0. The Labute approximate surface area is 84.4 Å². The summed E-state index contributed by atoms with van der Waals surface area (Å²) < 4.78 is 5.35. The zero-order valence-corrected chi connectivity index (χ0v) is 8.45. The lowest BCUT2D eigenvalue weighted by Crippen LogP contribution is -2.44. The summed E-state index contributed by atoms with van der Waals surface area (Å²) in [6, 6.07) is 0.587. The van der Waals surface area contributed by atoms with Gasteiger partial charge in [-0.1, -0.05) is 0 Å². The van der Waals surface area contributed by atoms with E-state index in [4.69, 9.17) is 10.5 Å². The molecule has 2 fully saturated rings. The summed E-state index contributed by atoms with van der Waals surface area (Å²) in [7, 11) is 0. The molecule has 0 bridgehead atoms. The molecule has 0 saturated carbocycles. The van der Waals surface area contributed by atoms with Crippen molar-refractivity contribution in [3.8, 4) is 0 Å². The van der Waals surface area contributed by atoms with E-state index in [1.807, 2.05) is 0 Å². The maximum atomic E-state index is 11.0. The van der Waals surface area contributed by atoms with Crippen LogP contribution >= 0.6 is 0 Å². The van der Waals surface area contributed by atoms with Crippen molar-refractivity contribution in [3.05, 3.63) is 0 Å². The molecule has 14 heavy (non-hydrogen) atoms. The summed E-state index contributed by atoms with van der Waals surface area (Å²) in [6.45, 7) is 3.75. The average Bonchev–Trinajstić information content (AvgIpc) is 2.71. The van der Waals surface area contributed by atoms with Gasteiger partial charge in [-0.3, -0.25) is 9.69 Å². The molecule has 2 aliphatic rings. The second-order valence-electron chi connectivity index (χ2n) is 4.23. The molecule has 0 aliphatic carbocycles. The maximum absolute atomic E-state index is 11.0. The van der Waals surface area contributed by atoms with Gasteiger partial charge in [-0.05, 0) is 32.4 Å². The summed E-state index contributed by atoms with van der Waals surface area (Å²) in [5.74, 6) is -0.0270. The van der Waals surface area contributed by atoms with Crippen LogP contribution in [0, 0.1) is 5.92 Å². The van der Waals surface area contributed by atoms with Crippen molar-refractivity contribution in [1.82, 2.24) is 4.90 Å². The van der Waals surface area contributed by atoms with Gasteiger partial charge in [0, 0.05) is 18.6 Å². The van der Waals surface area contributed by atoms with Crippen molar-refractivity contribution in [2.75, 3.05) is 26.3 Å². The second-order valence-corrected chi connectivity index (χ2v) is 4.23. The van der Waals surface area contributed by atoms with Gasteiger partial charge in [0.25, 0.3) is 0 Å². The number of piperidine rings is 1. The van der Waals surface area contributed by atoms with Crippen LogP contribution in [0.4, 0.5) is 0 Å². The number of nitrogens with two attached hydrogens (primary N) is 1. The minimum Gasteiger partial charge on any atom is -0.380 e. The molecule has 2 heterocycles. The predicted octanol–water partition coefficient (Wildman–Crippen LogP) is -0.0274. The van der Waals surface area contributed by atoms with E-state index in [0.29, 0.717) is 6.04 Å². The predicted molar refractivity (Wildman–Crippen MR) is 52.7 cm³/mol. The Hall–Kier alpha value is -0.610. The summed E-state index contributed by atoms with van der Waals surface area (Å²) >= 11 is 0. The summed E-state index contributed by atoms with van der Waals surface area (Å²) in [5.41, 5.74) is 5.28. The van der Waals surface area contributed by atoms with Gasteiger partial charge in [-0.15, -0.1) is 0 Å². The third kappa shape index (κ3) is 2.07. The van der Waals surface area contributed by atoms with E-state index in [1.165, 1.54) is 0 Å². The van der Waals surface area contributed by atoms with Crippen molar-refractivity contribution in [1.29, 1.82) is 0 Å². The van der Waals surface area contributed by atoms with E-state index in [1.54, 1.807) is 0 Å². The van der Waals surface area contributed by atoms with Gasteiger partial charge < -0.3 is 10.5 Å². The number of primary amides is 1. The Morgan fingerprint density at radius 2 is 2.00 bits per heavy atom. The lowest BCUT2D eigenvalue weighted by atomic mass is 9.95. The van der Waals surface area contributed by atoms with Gasteiger partial charge in [0.1, 0.15) is 0 Å². The van der Waals surface area contributed by atoms with Crippen molar-refractivity contribution >= 4 is 5.91 Å². The normalized spacial score (nSPS) is 30.7. The number of hydrogen-bond donors (Lipinski definition) is 1. The SMILES string of the molecule is NC(=O)C1CCN(C2CCOC2)CC1. The first-order valence-corrected chi connectivity index (χ1v) is 5.38. The number of nitrogens with zero attached hydrogens (tertiary/aromatic N) is 1. The highest BCUT2D eigenvalue weighted by molar-refractivity contribution is 5.76. The van der Waals surface area contributed by atoms with E-state index < -0.39 is 0 Å². The third-order valence-corrected chi connectivity index (χ3v) is 3.35. The number of amides is 1. The smallest absolute Gasteiger partial charge is 0.220 e. The van der Waals surface area contributed by atoms with Crippen LogP contribution in [-0.2, 0) is 9.53 Å². The van der Waals surface area contributed by atoms with E-state index in [2.05, 4.69) is 4.90 Å². The standard InChI is InChI=1S/C10H18N2O2/c11-10(13)8-1-4-12(5-2-8)9-3-6-14-7-9/h8-9H,1-7H2,(H2,11,13). The van der Waals surface area contributed by atoms with E-state index in [0.717, 1.165) is 45.6 Å². The molecule has 1 atom stereocenters. The Bertz CT molecular complexity index is 206. The molecular weight excluding hydrogens is 180 g/mol. The number of carbonyl (C=O) groups excluding carboxylic acids is 1. The van der Waals surface area contributed by atoms with E-state index in [-0.39, 0.29) is 11.8 Å². The molecule has 2 saturated heterocycles. The second kappa shape index (κ2) is 4.28. The fraction of sp³-hybridized carbons (Fsp3) is 0.900. The van der Waals surface area contributed by atoms with Crippen molar-refractivity contribution < 1.29 is 9.53 Å². The van der Waals surface area contributed by atoms with Crippen LogP contribution < -0.4 is 5.73 Å². The molecule has 0 aromatic heterocycles. The molecule has 1 unspecified atom stereocenters. The lowest BCUT2D eigenvalue weighted by molar-refractivity contribution is -0.123. The Morgan fingerprint density at radius 1 is 1.29 bits per heavy atom. The molecule has 2 aliphatic heterocycles. The van der Waals surface area contributed by atoms with Gasteiger partial charge in [-0.25, -0.2) is 0 Å². The minimum atomic E-state index is -0.132. The van der Waals surface area contributed by atoms with Crippen LogP contribution in [0.3, 0.4) is 0 Å². The Morgan fingerprint density at radius 3 is 2.50 bits per heavy atom. The highest BCUT2D eigenvalue weighted by Crippen LogP contribution is 2.21. The van der Waals surface area contributed by atoms with Gasteiger partial charge in [0.15, 0.2) is 0 Å². The maximum Gasteiger partial charge on any atom is 0.220 e. The van der Waals surface area contributed by atoms with Crippen LogP contribution in [0.2, 0.25) is 0 Å². The van der Waals surface area contributed by atoms with Gasteiger partial charge in [0.2, 0.25) is 5.91 Å². The first kappa shape index (κ1) is 9.93. The molecule has 2 N–H and O–H groups in total. The molecule has 0 aromatic rings. The number of rotatable bonds is 2. The molecule has 0 spiro atoms. The fourth-order valence-electron chi connectivity index (χ4n) is 2.36. The highest BCUT2D eigenvalue weighted by Gasteiger charge is 2.29. The number of ether oxygens (including phenoxy) is 1. The topological polar surface area (TPSA) is 55.6 Å². The number of carbonyl (C=O) groups is 1. The van der Waals surface area contributed by atoms with Crippen molar-refractivity contribution in [3.63, 3.8) is 0 Å². The fourth-order valence-corrected chi connectivity index (χ4v) is 2.36. The zero-order chi connectivity index (χ0) is 9.97. The molecular formula is C10H18N2O2. The first-order chi connectivity index (χ1) is 6.77. The molecule has 0 aromatic carbocycles. The third-order valence-electron chi connectivity index (χ3n) is 3.35. The zero-order valence-electron chi connectivity index (χ0n) is 8.45. The minimum absolute atomic E-state index is 0.105. The summed E-state index contributed by atoms with van der Waals surface area (Å²) in [4.78, 5) is 13.4. The van der Waals surface area contributed by atoms with E-state index in [9.17, 15) is 4.79 Å². The quantitative estimate of drug-likeness (QED) is 0.678. The average molecular weight is 198 g/mol. The van der Waals surface area contributed by atoms with Crippen LogP contribution in [-0.4, -0.2) is 43.2 Å². The van der Waals surface area contributed by atoms with E-state index >= 15 is 0 Å².